The van der Waals surface area contributed by atoms with Crippen LogP contribution in [-0.2, 0) is 21.4 Å². The number of carbonyl (C=O) groups is 1. The van der Waals surface area contributed by atoms with Gasteiger partial charge in [-0.1, -0.05) is 47.5 Å². The van der Waals surface area contributed by atoms with Crippen LogP contribution in [0.1, 0.15) is 42.4 Å². The van der Waals surface area contributed by atoms with Gasteiger partial charge in [-0.3, -0.25) is 4.79 Å². The zero-order valence-corrected chi connectivity index (χ0v) is 18.0. The molecule has 6 heteroatoms. The van der Waals surface area contributed by atoms with Crippen molar-refractivity contribution in [1.29, 1.82) is 0 Å². The molecule has 1 N–H and O–H groups in total. The normalized spacial score (nSPS) is 15.9. The molecule has 2 aromatic rings. The Bertz CT molecular complexity index is 914. The van der Waals surface area contributed by atoms with Crippen LogP contribution in [0.3, 0.4) is 0 Å². The molecule has 0 aromatic heterocycles. The van der Waals surface area contributed by atoms with E-state index in [1.807, 2.05) is 50.2 Å². The Morgan fingerprint density at radius 3 is 2.10 bits per heavy atom. The molecule has 1 aliphatic heterocycles. The highest BCUT2D eigenvalue weighted by atomic mass is 32.2. The van der Waals surface area contributed by atoms with E-state index < -0.39 is 10.0 Å². The van der Waals surface area contributed by atoms with Gasteiger partial charge < -0.3 is 5.32 Å². The molecule has 0 saturated carbocycles. The van der Waals surface area contributed by atoms with Crippen LogP contribution in [-0.4, -0.2) is 31.7 Å². The van der Waals surface area contributed by atoms with E-state index in [2.05, 4.69) is 5.32 Å². The first-order valence-electron chi connectivity index (χ1n) is 10.2. The van der Waals surface area contributed by atoms with E-state index in [4.69, 9.17) is 0 Å². The second kappa shape index (κ2) is 9.55. The second-order valence-electron chi connectivity index (χ2n) is 7.96. The summed E-state index contributed by atoms with van der Waals surface area (Å²) in [6, 6.07) is 15.1. The van der Waals surface area contributed by atoms with Gasteiger partial charge in [0.2, 0.25) is 15.9 Å². The number of benzene rings is 2. The van der Waals surface area contributed by atoms with E-state index in [0.717, 1.165) is 30.4 Å². The standard InChI is InChI=1S/C23H30N2O3S/c1-18-3-7-21(8-4-18)17-24-23(26)12-9-20-13-15-25(16-14-20)29(27,28)22-10-5-19(2)6-11-22/h3-8,10-11,20H,9,12-17H2,1-2H3,(H,24,26). The van der Waals surface area contributed by atoms with Crippen LogP contribution >= 0.6 is 0 Å². The van der Waals surface area contributed by atoms with Crippen molar-refractivity contribution in [1.82, 2.24) is 9.62 Å². The van der Waals surface area contributed by atoms with Gasteiger partial charge in [0.1, 0.15) is 0 Å². The predicted octanol–water partition coefficient (Wildman–Crippen LogP) is 3.80. The van der Waals surface area contributed by atoms with Gasteiger partial charge in [0.05, 0.1) is 4.90 Å². The van der Waals surface area contributed by atoms with Crippen LogP contribution in [0.5, 0.6) is 0 Å². The van der Waals surface area contributed by atoms with Crippen molar-refractivity contribution in [2.75, 3.05) is 13.1 Å². The minimum absolute atomic E-state index is 0.0558. The number of nitrogens with one attached hydrogen (secondary N) is 1. The van der Waals surface area contributed by atoms with Crippen LogP contribution in [0.4, 0.5) is 0 Å². The van der Waals surface area contributed by atoms with Crippen LogP contribution < -0.4 is 5.32 Å². The van der Waals surface area contributed by atoms with E-state index in [1.54, 1.807) is 16.4 Å². The zero-order valence-electron chi connectivity index (χ0n) is 17.2. The maximum absolute atomic E-state index is 12.8. The van der Waals surface area contributed by atoms with Crippen LogP contribution in [0.25, 0.3) is 0 Å². The van der Waals surface area contributed by atoms with E-state index in [1.165, 1.54) is 5.56 Å². The fraction of sp³-hybridized carbons (Fsp3) is 0.435. The fourth-order valence-electron chi connectivity index (χ4n) is 3.63. The van der Waals surface area contributed by atoms with E-state index in [-0.39, 0.29) is 5.91 Å². The van der Waals surface area contributed by atoms with Crippen LogP contribution in [0.15, 0.2) is 53.4 Å². The zero-order chi connectivity index (χ0) is 20.9. The molecule has 0 aliphatic carbocycles. The molecule has 2 aromatic carbocycles. The van der Waals surface area contributed by atoms with Gasteiger partial charge in [0, 0.05) is 26.1 Å². The first kappa shape index (κ1) is 21.5. The highest BCUT2D eigenvalue weighted by Gasteiger charge is 2.29. The Kier molecular flexibility index (Phi) is 7.09. The largest absolute Gasteiger partial charge is 0.352 e. The van der Waals surface area contributed by atoms with Crippen molar-refractivity contribution in [2.24, 2.45) is 5.92 Å². The molecule has 1 saturated heterocycles. The number of nitrogens with zero attached hydrogens (tertiary/aromatic N) is 1. The minimum atomic E-state index is -3.42. The molecule has 0 unspecified atom stereocenters. The molecule has 0 atom stereocenters. The SMILES string of the molecule is Cc1ccc(CNC(=O)CCC2CCN(S(=O)(=O)c3ccc(C)cc3)CC2)cc1. The summed E-state index contributed by atoms with van der Waals surface area (Å²) < 4.78 is 27.1. The summed E-state index contributed by atoms with van der Waals surface area (Å²) in [6.07, 6.45) is 2.89. The first-order valence-corrected chi connectivity index (χ1v) is 11.7. The summed E-state index contributed by atoms with van der Waals surface area (Å²) in [5.74, 6) is 0.449. The van der Waals surface area contributed by atoms with Gasteiger partial charge in [-0.2, -0.15) is 4.31 Å². The lowest BCUT2D eigenvalue weighted by Gasteiger charge is -2.31. The molecule has 3 rings (SSSR count). The number of hydrogen-bond donors (Lipinski definition) is 1. The van der Waals surface area contributed by atoms with Gasteiger partial charge in [-0.25, -0.2) is 8.42 Å². The summed E-state index contributed by atoms with van der Waals surface area (Å²) in [6.45, 7) is 5.57. The van der Waals surface area contributed by atoms with Crippen molar-refractivity contribution in [3.8, 4) is 0 Å². The summed E-state index contributed by atoms with van der Waals surface area (Å²) in [5, 5.41) is 2.97. The molecule has 156 valence electrons. The van der Waals surface area contributed by atoms with E-state index in [0.29, 0.717) is 36.9 Å². The van der Waals surface area contributed by atoms with Gasteiger partial charge >= 0.3 is 0 Å². The quantitative estimate of drug-likeness (QED) is 0.749. The molecule has 1 fully saturated rings. The lowest BCUT2D eigenvalue weighted by atomic mass is 9.93. The van der Waals surface area contributed by atoms with Crippen LogP contribution in [0, 0.1) is 19.8 Å². The molecule has 1 heterocycles. The molecule has 29 heavy (non-hydrogen) atoms. The molecular formula is C23H30N2O3S. The molecule has 1 aliphatic rings. The molecule has 5 nitrogen and oxygen atoms in total. The summed E-state index contributed by atoms with van der Waals surface area (Å²) in [4.78, 5) is 12.5. The number of carbonyl (C=O) groups excluding carboxylic acids is 1. The van der Waals surface area contributed by atoms with Gasteiger partial charge in [0.25, 0.3) is 0 Å². The van der Waals surface area contributed by atoms with Crippen molar-refractivity contribution in [2.45, 2.75) is 51.0 Å². The number of amides is 1. The minimum Gasteiger partial charge on any atom is -0.352 e. The number of hydrogen-bond acceptors (Lipinski definition) is 3. The lowest BCUT2D eigenvalue weighted by molar-refractivity contribution is -0.121. The van der Waals surface area contributed by atoms with E-state index in [9.17, 15) is 13.2 Å². The van der Waals surface area contributed by atoms with Crippen molar-refractivity contribution < 1.29 is 13.2 Å². The molecule has 0 radical (unpaired) electrons. The monoisotopic (exact) mass is 414 g/mol. The molecule has 0 spiro atoms. The number of aryl methyl sites for hydroxylation is 2. The molecule has 0 bridgehead atoms. The highest BCUT2D eigenvalue weighted by molar-refractivity contribution is 7.89. The second-order valence-corrected chi connectivity index (χ2v) is 9.90. The smallest absolute Gasteiger partial charge is 0.243 e. The van der Waals surface area contributed by atoms with Gasteiger partial charge in [-0.05, 0) is 56.7 Å². The van der Waals surface area contributed by atoms with Gasteiger partial charge in [-0.15, -0.1) is 0 Å². The average molecular weight is 415 g/mol. The third kappa shape index (κ3) is 5.90. The fourth-order valence-corrected chi connectivity index (χ4v) is 5.10. The Hall–Kier alpha value is -2.18. The number of sulfonamides is 1. The van der Waals surface area contributed by atoms with Gasteiger partial charge in [0.15, 0.2) is 0 Å². The highest BCUT2D eigenvalue weighted by Crippen LogP contribution is 2.26. The third-order valence-electron chi connectivity index (χ3n) is 5.62. The maximum Gasteiger partial charge on any atom is 0.243 e. The third-order valence-corrected chi connectivity index (χ3v) is 7.54. The Labute approximate surface area is 174 Å². The Morgan fingerprint density at radius 2 is 1.52 bits per heavy atom. The van der Waals surface area contributed by atoms with Crippen LogP contribution in [0.2, 0.25) is 0 Å². The van der Waals surface area contributed by atoms with Crippen molar-refractivity contribution in [3.05, 3.63) is 65.2 Å². The maximum atomic E-state index is 12.8. The average Bonchev–Trinajstić information content (AvgIpc) is 2.72. The number of rotatable bonds is 7. The van der Waals surface area contributed by atoms with Crippen molar-refractivity contribution >= 4 is 15.9 Å². The van der Waals surface area contributed by atoms with Crippen molar-refractivity contribution in [3.63, 3.8) is 0 Å². The summed E-state index contributed by atoms with van der Waals surface area (Å²) in [7, 11) is -3.42. The summed E-state index contributed by atoms with van der Waals surface area (Å²) >= 11 is 0. The predicted molar refractivity (Wildman–Crippen MR) is 115 cm³/mol. The first-order chi connectivity index (χ1) is 13.8. The number of piperidine rings is 1. The topological polar surface area (TPSA) is 66.5 Å². The Balaban J connectivity index is 1.42. The van der Waals surface area contributed by atoms with E-state index >= 15 is 0 Å². The lowest BCUT2D eigenvalue weighted by Crippen LogP contribution is -2.38. The molecular weight excluding hydrogens is 384 g/mol. The Morgan fingerprint density at radius 1 is 0.966 bits per heavy atom. The molecule has 1 amide bonds. The summed E-state index contributed by atoms with van der Waals surface area (Å²) in [5.41, 5.74) is 3.35.